The number of esters is 1. The van der Waals surface area contributed by atoms with Crippen molar-refractivity contribution in [3.63, 3.8) is 0 Å². The highest BCUT2D eigenvalue weighted by molar-refractivity contribution is 7.90. The molecule has 0 aliphatic heterocycles. The summed E-state index contributed by atoms with van der Waals surface area (Å²) in [6, 6.07) is 0.383. The number of nitrogens with zero attached hydrogens (tertiary/aromatic N) is 4. The van der Waals surface area contributed by atoms with Gasteiger partial charge in [0.25, 0.3) is 0 Å². The molecule has 2 N–H and O–H groups in total. The van der Waals surface area contributed by atoms with E-state index in [-0.39, 0.29) is 35.6 Å². The summed E-state index contributed by atoms with van der Waals surface area (Å²) in [5, 5.41) is 4.93. The van der Waals surface area contributed by atoms with E-state index in [1.165, 1.54) is 51.5 Å². The van der Waals surface area contributed by atoms with Crippen molar-refractivity contribution in [3.05, 3.63) is 29.7 Å². The van der Waals surface area contributed by atoms with Crippen molar-refractivity contribution in [3.8, 4) is 5.88 Å². The van der Waals surface area contributed by atoms with E-state index in [1.807, 2.05) is 4.72 Å². The molecule has 0 radical (unpaired) electrons. The maximum Gasteiger partial charge on any atom is 0.341 e. The van der Waals surface area contributed by atoms with E-state index in [2.05, 4.69) is 20.4 Å². The predicted molar refractivity (Wildman–Crippen MR) is 113 cm³/mol. The molecule has 2 aromatic heterocycles. The quantitative estimate of drug-likeness (QED) is 0.479. The minimum atomic E-state index is -4.34. The number of hydrogen-bond acceptors (Lipinski definition) is 10. The molecule has 2 heterocycles. The number of aromatic nitrogens is 4. The van der Waals surface area contributed by atoms with Crippen molar-refractivity contribution in [2.45, 2.75) is 31.1 Å². The summed E-state index contributed by atoms with van der Waals surface area (Å²) >= 11 is 0. The first kappa shape index (κ1) is 25.0. The first-order valence-electron chi connectivity index (χ1n) is 9.45. The van der Waals surface area contributed by atoms with E-state index >= 15 is 0 Å². The summed E-state index contributed by atoms with van der Waals surface area (Å²) in [4.78, 5) is 32.3. The van der Waals surface area contributed by atoms with E-state index in [0.29, 0.717) is 6.42 Å². The zero-order chi connectivity index (χ0) is 23.9. The Labute approximate surface area is 185 Å². The van der Waals surface area contributed by atoms with Gasteiger partial charge in [0, 0.05) is 26.4 Å². The van der Waals surface area contributed by atoms with Crippen molar-refractivity contribution in [2.24, 2.45) is 7.05 Å². The summed E-state index contributed by atoms with van der Waals surface area (Å²) in [6.45, 7) is 1.77. The molecule has 13 nitrogen and oxygen atoms in total. The standard InChI is InChI=1S/C18H26N6O7S/c1-11(29-3)6-7-13(15-12(16(25)31-5)10-20-24(15)2)32(27,28)23-18(26)22-17-19-9-8-14(21-17)30-4/h8-11,13H,6-7H2,1-5H3,(H2,19,21,22,23,26). The van der Waals surface area contributed by atoms with Crippen LogP contribution in [0.4, 0.5) is 10.7 Å². The lowest BCUT2D eigenvalue weighted by Crippen LogP contribution is -2.39. The zero-order valence-electron chi connectivity index (χ0n) is 18.4. The van der Waals surface area contributed by atoms with E-state index in [1.54, 1.807) is 6.92 Å². The lowest BCUT2D eigenvalue weighted by molar-refractivity contribution is 0.0599. The molecule has 0 saturated heterocycles. The van der Waals surface area contributed by atoms with Crippen LogP contribution in [0.2, 0.25) is 0 Å². The second-order valence-corrected chi connectivity index (χ2v) is 8.56. The molecule has 2 rings (SSSR count). The van der Waals surface area contributed by atoms with Gasteiger partial charge in [-0.2, -0.15) is 10.1 Å². The SMILES string of the molecule is COC(=O)c1cnn(C)c1C(CCC(C)OC)S(=O)(=O)NC(=O)Nc1nccc(OC)n1. The van der Waals surface area contributed by atoms with Gasteiger partial charge in [-0.25, -0.2) is 27.7 Å². The Morgan fingerprint density at radius 3 is 2.56 bits per heavy atom. The van der Waals surface area contributed by atoms with Gasteiger partial charge in [0.05, 0.1) is 32.2 Å². The van der Waals surface area contributed by atoms with Crippen LogP contribution in [0.5, 0.6) is 5.88 Å². The molecule has 0 spiro atoms. The summed E-state index contributed by atoms with van der Waals surface area (Å²) in [6.07, 6.45) is 2.66. The fraction of sp³-hybridized carbons (Fsp3) is 0.500. The van der Waals surface area contributed by atoms with Gasteiger partial charge in [0.2, 0.25) is 21.9 Å². The summed E-state index contributed by atoms with van der Waals surface area (Å²) in [7, 11) is 1.21. The van der Waals surface area contributed by atoms with Crippen LogP contribution < -0.4 is 14.8 Å². The molecule has 0 aromatic carbocycles. The van der Waals surface area contributed by atoms with Crippen LogP contribution >= 0.6 is 0 Å². The number of methoxy groups -OCH3 is 3. The fourth-order valence-electron chi connectivity index (χ4n) is 2.88. The molecule has 0 saturated carbocycles. The monoisotopic (exact) mass is 470 g/mol. The van der Waals surface area contributed by atoms with Crippen LogP contribution in [0, 0.1) is 0 Å². The third-order valence-corrected chi connectivity index (χ3v) is 6.28. The molecule has 14 heteroatoms. The van der Waals surface area contributed by atoms with Crippen molar-refractivity contribution < 1.29 is 32.2 Å². The predicted octanol–water partition coefficient (Wildman–Crippen LogP) is 1.01. The molecule has 2 amide bonds. The number of hydrogen-bond donors (Lipinski definition) is 2. The van der Waals surface area contributed by atoms with Gasteiger partial charge < -0.3 is 14.2 Å². The number of nitrogens with one attached hydrogen (secondary N) is 2. The Bertz CT molecular complexity index is 1060. The highest BCUT2D eigenvalue weighted by atomic mass is 32.2. The first-order chi connectivity index (χ1) is 15.1. The Balaban J connectivity index is 2.34. The summed E-state index contributed by atoms with van der Waals surface area (Å²) in [5.41, 5.74) is 0.0602. The zero-order valence-corrected chi connectivity index (χ0v) is 19.2. The van der Waals surface area contributed by atoms with Crippen molar-refractivity contribution >= 4 is 28.0 Å². The van der Waals surface area contributed by atoms with Crippen LogP contribution in [-0.2, 0) is 26.5 Å². The van der Waals surface area contributed by atoms with Gasteiger partial charge in [-0.1, -0.05) is 0 Å². The number of carbonyl (C=O) groups is 2. The average molecular weight is 471 g/mol. The average Bonchev–Trinajstić information content (AvgIpc) is 3.13. The highest BCUT2D eigenvalue weighted by Crippen LogP contribution is 2.30. The van der Waals surface area contributed by atoms with E-state index < -0.39 is 27.3 Å². The Morgan fingerprint density at radius 2 is 1.94 bits per heavy atom. The van der Waals surface area contributed by atoms with Crippen LogP contribution in [-0.4, -0.2) is 67.6 Å². The number of sulfonamides is 1. The number of aryl methyl sites for hydroxylation is 1. The van der Waals surface area contributed by atoms with Crippen LogP contribution in [0.15, 0.2) is 18.5 Å². The molecular formula is C18H26N6O7S. The molecule has 0 bridgehead atoms. The molecule has 0 fully saturated rings. The first-order valence-corrected chi connectivity index (χ1v) is 11.0. The van der Waals surface area contributed by atoms with Crippen LogP contribution in [0.3, 0.4) is 0 Å². The Hall–Kier alpha value is -3.26. The van der Waals surface area contributed by atoms with Gasteiger partial charge in [-0.05, 0) is 19.8 Å². The van der Waals surface area contributed by atoms with Gasteiger partial charge in [0.1, 0.15) is 10.8 Å². The number of rotatable bonds is 10. The maximum atomic E-state index is 13.2. The minimum absolute atomic E-state index is 0.0213. The lowest BCUT2D eigenvalue weighted by atomic mass is 10.1. The van der Waals surface area contributed by atoms with E-state index in [0.717, 1.165) is 0 Å². The topological polar surface area (TPSA) is 164 Å². The third kappa shape index (κ3) is 6.13. The van der Waals surface area contributed by atoms with Crippen molar-refractivity contribution in [1.29, 1.82) is 0 Å². The minimum Gasteiger partial charge on any atom is -0.481 e. The number of amides is 2. The van der Waals surface area contributed by atoms with Gasteiger partial charge in [0.15, 0.2) is 0 Å². The normalized spacial score (nSPS) is 13.2. The van der Waals surface area contributed by atoms with Crippen LogP contribution in [0.1, 0.15) is 41.1 Å². The number of anilines is 1. The second-order valence-electron chi connectivity index (χ2n) is 6.69. The van der Waals surface area contributed by atoms with Crippen LogP contribution in [0.25, 0.3) is 0 Å². The molecule has 176 valence electrons. The largest absolute Gasteiger partial charge is 0.481 e. The molecule has 0 aliphatic carbocycles. The molecule has 2 aromatic rings. The van der Waals surface area contributed by atoms with Gasteiger partial charge in [-0.15, -0.1) is 0 Å². The Morgan fingerprint density at radius 1 is 1.22 bits per heavy atom. The van der Waals surface area contributed by atoms with Crippen molar-refractivity contribution in [1.82, 2.24) is 24.5 Å². The number of urea groups is 1. The maximum absolute atomic E-state index is 13.2. The highest BCUT2D eigenvalue weighted by Gasteiger charge is 2.35. The molecule has 2 atom stereocenters. The number of carbonyl (C=O) groups excluding carboxylic acids is 2. The molecule has 32 heavy (non-hydrogen) atoms. The fourth-order valence-corrected chi connectivity index (χ4v) is 4.35. The van der Waals surface area contributed by atoms with Gasteiger partial charge in [-0.3, -0.25) is 10.00 Å². The third-order valence-electron chi connectivity index (χ3n) is 4.61. The molecule has 2 unspecified atom stereocenters. The van der Waals surface area contributed by atoms with Gasteiger partial charge >= 0.3 is 12.0 Å². The second kappa shape index (κ2) is 10.9. The lowest BCUT2D eigenvalue weighted by Gasteiger charge is -2.21. The number of ether oxygens (including phenoxy) is 3. The smallest absolute Gasteiger partial charge is 0.341 e. The van der Waals surface area contributed by atoms with E-state index in [9.17, 15) is 18.0 Å². The summed E-state index contributed by atoms with van der Waals surface area (Å²) < 4.78 is 44.5. The van der Waals surface area contributed by atoms with Crippen molar-refractivity contribution in [2.75, 3.05) is 26.6 Å². The Kier molecular flexibility index (Phi) is 8.48. The molecule has 0 aliphatic rings. The summed E-state index contributed by atoms with van der Waals surface area (Å²) in [5.74, 6) is -0.720. The van der Waals surface area contributed by atoms with E-state index in [4.69, 9.17) is 14.2 Å². The molecular weight excluding hydrogens is 444 g/mol.